The summed E-state index contributed by atoms with van der Waals surface area (Å²) in [4.78, 5) is 13.1. The Morgan fingerprint density at radius 3 is 1.20 bits per heavy atom. The topological polar surface area (TPSA) is 149 Å². The first kappa shape index (κ1) is 74.6. The van der Waals surface area contributed by atoms with E-state index in [-0.39, 0.29) is 12.5 Å². The van der Waals surface area contributed by atoms with Crippen LogP contribution in [0.25, 0.3) is 0 Å². The van der Waals surface area contributed by atoms with Crippen LogP contribution in [0.15, 0.2) is 122 Å². The van der Waals surface area contributed by atoms with Gasteiger partial charge in [-0.05, 0) is 96.3 Å². The maximum absolute atomic E-state index is 13.1. The van der Waals surface area contributed by atoms with Crippen molar-refractivity contribution in [1.82, 2.24) is 5.32 Å². The van der Waals surface area contributed by atoms with E-state index in [1.165, 1.54) is 154 Å². The maximum atomic E-state index is 13.1. The summed E-state index contributed by atoms with van der Waals surface area (Å²) in [5, 5.41) is 54.6. The number of nitrogens with one attached hydrogen (secondary N) is 1. The van der Waals surface area contributed by atoms with Crippen LogP contribution in [-0.4, -0.2) is 87.5 Å². The highest BCUT2D eigenvalue weighted by atomic mass is 16.7. The Bertz CT molecular complexity index is 1670. The number of carbonyl (C=O) groups is 1. The van der Waals surface area contributed by atoms with Gasteiger partial charge in [0, 0.05) is 6.42 Å². The van der Waals surface area contributed by atoms with Crippen LogP contribution >= 0.6 is 0 Å². The molecule has 0 aromatic carbocycles. The average Bonchev–Trinajstić information content (AvgIpc) is 3.46. The summed E-state index contributed by atoms with van der Waals surface area (Å²) in [5.41, 5.74) is 0. The lowest BCUT2D eigenvalue weighted by Gasteiger charge is -2.40. The third-order valence-corrected chi connectivity index (χ3v) is 14.8. The summed E-state index contributed by atoms with van der Waals surface area (Å²) in [6.45, 7) is 3.66. The lowest BCUT2D eigenvalue weighted by Crippen LogP contribution is -2.60. The Balaban J connectivity index is 2.17. The highest BCUT2D eigenvalue weighted by Gasteiger charge is 2.44. The summed E-state index contributed by atoms with van der Waals surface area (Å²) in [6.07, 6.45) is 81.4. The normalized spacial score (nSPS) is 19.3. The number of amides is 1. The van der Waals surface area contributed by atoms with E-state index in [4.69, 9.17) is 9.47 Å². The molecule has 7 atom stereocenters. The fraction of sp³-hybridized carbons (Fsp3) is 0.704. The van der Waals surface area contributed by atoms with Crippen molar-refractivity contribution in [3.8, 4) is 0 Å². The number of hydrogen-bond acceptors (Lipinski definition) is 8. The van der Waals surface area contributed by atoms with Gasteiger partial charge in [-0.2, -0.15) is 0 Å². The number of rotatable bonds is 55. The van der Waals surface area contributed by atoms with E-state index >= 15 is 0 Å². The van der Waals surface area contributed by atoms with Crippen LogP contribution in [0.5, 0.6) is 0 Å². The van der Waals surface area contributed by atoms with Crippen molar-refractivity contribution < 1.29 is 39.8 Å². The van der Waals surface area contributed by atoms with Gasteiger partial charge in [-0.25, -0.2) is 0 Å². The van der Waals surface area contributed by atoms with Gasteiger partial charge in [-0.1, -0.05) is 283 Å². The van der Waals surface area contributed by atoms with Gasteiger partial charge in [-0.15, -0.1) is 0 Å². The largest absolute Gasteiger partial charge is 0.394 e. The molecule has 0 saturated carbocycles. The first-order valence-electron chi connectivity index (χ1n) is 32.8. The van der Waals surface area contributed by atoms with Crippen LogP contribution < -0.4 is 5.32 Å². The number of hydrogen-bond donors (Lipinski definition) is 6. The third kappa shape index (κ3) is 47.1. The van der Waals surface area contributed by atoms with Gasteiger partial charge >= 0.3 is 0 Å². The molecule has 7 unspecified atom stereocenters. The van der Waals surface area contributed by atoms with Gasteiger partial charge in [0.05, 0.1) is 25.4 Å². The van der Waals surface area contributed by atoms with Crippen molar-refractivity contribution in [2.24, 2.45) is 0 Å². The van der Waals surface area contributed by atoms with Gasteiger partial charge in [0.1, 0.15) is 24.4 Å². The average molecular weight is 1120 g/mol. The Morgan fingerprint density at radius 1 is 0.438 bits per heavy atom. The molecule has 0 bridgehead atoms. The molecular formula is C71H121NO8. The fourth-order valence-corrected chi connectivity index (χ4v) is 9.66. The zero-order valence-electron chi connectivity index (χ0n) is 51.0. The second-order valence-electron chi connectivity index (χ2n) is 22.2. The SMILES string of the molecule is CC/C=C\C/C=C\C/C=C\C/C=C\C/C=C\C/C=C\C/C=C\C/C=C\CCCCCCCCCCCCCCC(=O)NC(COC1OC(CO)C(O)C(O)C1O)C(O)/C=C/CC/C=C/CCCCCCCCCCCCCCCC. The summed E-state index contributed by atoms with van der Waals surface area (Å²) in [7, 11) is 0. The Hall–Kier alpha value is -3.41. The molecule has 0 spiro atoms. The molecule has 1 saturated heterocycles. The van der Waals surface area contributed by atoms with Gasteiger partial charge in [-0.3, -0.25) is 4.79 Å². The minimum absolute atomic E-state index is 0.192. The molecule has 1 aliphatic rings. The Kier molecular flexibility index (Phi) is 54.8. The van der Waals surface area contributed by atoms with Gasteiger partial charge in [0.2, 0.25) is 5.91 Å². The smallest absolute Gasteiger partial charge is 0.220 e. The lowest BCUT2D eigenvalue weighted by atomic mass is 9.99. The molecule has 6 N–H and O–H groups in total. The molecule has 0 radical (unpaired) electrons. The van der Waals surface area contributed by atoms with E-state index in [1.54, 1.807) is 6.08 Å². The van der Waals surface area contributed by atoms with Crippen LogP contribution in [0, 0.1) is 0 Å². The van der Waals surface area contributed by atoms with Gasteiger partial charge < -0.3 is 40.3 Å². The first-order chi connectivity index (χ1) is 39.3. The Morgan fingerprint density at radius 2 is 0.787 bits per heavy atom. The van der Waals surface area contributed by atoms with Crippen LogP contribution in [-0.2, 0) is 14.3 Å². The number of aliphatic hydroxyl groups excluding tert-OH is 5. The highest BCUT2D eigenvalue weighted by Crippen LogP contribution is 2.23. The second-order valence-corrected chi connectivity index (χ2v) is 22.2. The molecule has 1 aliphatic heterocycles. The van der Waals surface area contributed by atoms with E-state index in [2.05, 4.69) is 129 Å². The van der Waals surface area contributed by atoms with Crippen molar-refractivity contribution in [3.63, 3.8) is 0 Å². The van der Waals surface area contributed by atoms with E-state index < -0.39 is 49.5 Å². The molecule has 80 heavy (non-hydrogen) atoms. The van der Waals surface area contributed by atoms with Crippen LogP contribution in [0.2, 0.25) is 0 Å². The van der Waals surface area contributed by atoms with E-state index in [9.17, 15) is 30.3 Å². The zero-order valence-corrected chi connectivity index (χ0v) is 51.0. The number of carbonyl (C=O) groups excluding carboxylic acids is 1. The van der Waals surface area contributed by atoms with Crippen molar-refractivity contribution >= 4 is 5.91 Å². The van der Waals surface area contributed by atoms with E-state index in [0.717, 1.165) is 89.9 Å². The predicted molar refractivity (Wildman–Crippen MR) is 340 cm³/mol. The summed E-state index contributed by atoms with van der Waals surface area (Å²) >= 11 is 0. The second kappa shape index (κ2) is 58.8. The van der Waals surface area contributed by atoms with Gasteiger partial charge in [0.25, 0.3) is 0 Å². The molecule has 0 aromatic heterocycles. The molecule has 1 heterocycles. The summed E-state index contributed by atoms with van der Waals surface area (Å²) in [5.74, 6) is -0.192. The maximum Gasteiger partial charge on any atom is 0.220 e. The van der Waals surface area contributed by atoms with Crippen molar-refractivity contribution in [2.75, 3.05) is 13.2 Å². The monoisotopic (exact) mass is 1120 g/mol. The summed E-state index contributed by atoms with van der Waals surface area (Å²) in [6, 6.07) is -0.831. The molecule has 0 aromatic rings. The Labute approximate surface area is 490 Å². The van der Waals surface area contributed by atoms with Crippen molar-refractivity contribution in [2.45, 2.75) is 307 Å². The number of aliphatic hydroxyl groups is 5. The molecule has 1 rings (SSSR count). The predicted octanol–water partition coefficient (Wildman–Crippen LogP) is 17.5. The van der Waals surface area contributed by atoms with Crippen LogP contribution in [0.4, 0.5) is 0 Å². The molecule has 1 fully saturated rings. The van der Waals surface area contributed by atoms with Crippen LogP contribution in [0.1, 0.15) is 264 Å². The van der Waals surface area contributed by atoms with Gasteiger partial charge in [0.15, 0.2) is 6.29 Å². The first-order valence-corrected chi connectivity index (χ1v) is 32.8. The standard InChI is InChI=1S/C71H121NO8/c1-3-5-7-9-11-13-15-17-19-21-23-25-26-27-28-29-30-31-32-33-34-35-36-37-38-39-40-41-43-45-47-49-51-53-55-57-59-61-67(75)72-64(63-79-71-70(78)69(77)68(76)66(62-73)80-71)65(74)60-58-56-54-52-50-48-46-44-42-24-22-20-18-16-14-12-10-8-6-4-2/h5,7,11,13,17,19,23,25,27-28,30-31,33-34,36-37,50,52,58,60,64-66,68-71,73-74,76-78H,3-4,6,8-10,12,14-16,18,20-22,24,26,29,32,35,38-49,51,53-57,59,61-63H2,1-2H3,(H,72,75)/b7-5-,13-11-,19-17-,25-23-,28-27-,31-30-,34-33-,37-36-,52-50+,60-58+. The van der Waals surface area contributed by atoms with E-state index in [0.29, 0.717) is 6.42 Å². The minimum atomic E-state index is -1.58. The number of allylic oxidation sites excluding steroid dienone is 19. The molecule has 0 aliphatic carbocycles. The van der Waals surface area contributed by atoms with E-state index in [1.807, 2.05) is 6.08 Å². The fourth-order valence-electron chi connectivity index (χ4n) is 9.66. The molecule has 9 heteroatoms. The van der Waals surface area contributed by atoms with Crippen molar-refractivity contribution in [3.05, 3.63) is 122 Å². The third-order valence-electron chi connectivity index (χ3n) is 14.8. The summed E-state index contributed by atoms with van der Waals surface area (Å²) < 4.78 is 11.3. The highest BCUT2D eigenvalue weighted by molar-refractivity contribution is 5.76. The van der Waals surface area contributed by atoms with Crippen LogP contribution in [0.3, 0.4) is 0 Å². The quantitative estimate of drug-likeness (QED) is 0.0261. The molecular weight excluding hydrogens is 995 g/mol. The number of ether oxygens (including phenoxy) is 2. The van der Waals surface area contributed by atoms with Crippen molar-refractivity contribution in [1.29, 1.82) is 0 Å². The molecule has 1 amide bonds. The number of unbranched alkanes of at least 4 members (excludes halogenated alkanes) is 27. The lowest BCUT2D eigenvalue weighted by molar-refractivity contribution is -0.302. The minimum Gasteiger partial charge on any atom is -0.394 e. The molecule has 458 valence electrons. The molecule has 9 nitrogen and oxygen atoms in total. The zero-order chi connectivity index (χ0) is 57.9.